The van der Waals surface area contributed by atoms with E-state index in [4.69, 9.17) is 5.26 Å². The smallest absolute Gasteiger partial charge is 0.326 e. The normalized spacial score (nSPS) is 13.5. The number of hydrogen-bond donors (Lipinski definition) is 4. The van der Waals surface area contributed by atoms with Gasteiger partial charge in [0.15, 0.2) is 0 Å². The van der Waals surface area contributed by atoms with E-state index in [1.165, 1.54) is 16.5 Å². The van der Waals surface area contributed by atoms with Crippen molar-refractivity contribution in [2.45, 2.75) is 37.9 Å². The van der Waals surface area contributed by atoms with Gasteiger partial charge in [-0.3, -0.25) is 9.55 Å². The van der Waals surface area contributed by atoms with E-state index in [9.17, 15) is 9.90 Å². The van der Waals surface area contributed by atoms with Gasteiger partial charge >= 0.3 is 5.69 Å². The van der Waals surface area contributed by atoms with E-state index in [1.807, 2.05) is 13.0 Å². The van der Waals surface area contributed by atoms with Crippen LogP contribution in [0.15, 0.2) is 34.9 Å². The van der Waals surface area contributed by atoms with Gasteiger partial charge in [0, 0.05) is 29.6 Å². The number of nitriles is 1. The summed E-state index contributed by atoms with van der Waals surface area (Å²) in [5, 5.41) is 21.1. The summed E-state index contributed by atoms with van der Waals surface area (Å²) in [6, 6.07) is 2.13. The molecule has 25 heavy (non-hydrogen) atoms. The topological polar surface area (TPSA) is 110 Å². The van der Waals surface area contributed by atoms with Gasteiger partial charge in [-0.2, -0.15) is 5.26 Å². The van der Waals surface area contributed by atoms with Crippen LogP contribution in [0.1, 0.15) is 26.3 Å². The lowest BCUT2D eigenvalue weighted by atomic mass is 10.1. The van der Waals surface area contributed by atoms with Crippen LogP contribution in [-0.4, -0.2) is 25.2 Å². The zero-order chi connectivity index (χ0) is 18.6. The van der Waals surface area contributed by atoms with Crippen LogP contribution in [0.2, 0.25) is 0 Å². The van der Waals surface area contributed by atoms with Crippen molar-refractivity contribution in [3.8, 4) is 6.07 Å². The minimum Gasteiger partial charge on any atom is -0.389 e. The largest absolute Gasteiger partial charge is 0.389 e. The Morgan fingerprint density at radius 2 is 2.32 bits per heavy atom. The van der Waals surface area contributed by atoms with E-state index in [0.717, 1.165) is 10.6 Å². The molecule has 0 saturated heterocycles. The van der Waals surface area contributed by atoms with Gasteiger partial charge in [0.05, 0.1) is 28.8 Å². The predicted octanol–water partition coefficient (Wildman–Crippen LogP) is 0.539. The average Bonchev–Trinajstić information content (AvgIpc) is 3.10. The number of aromatic nitrogens is 3. The SMILES string of the molecule is C=C/C(NSc1cn(CC(C)(C)O)c(=O)[nH]1)=c1/[nH]cc(C#N)/c1=C/C. The van der Waals surface area contributed by atoms with Crippen molar-refractivity contribution in [2.75, 3.05) is 0 Å². The number of nitrogens with one attached hydrogen (secondary N) is 3. The maximum atomic E-state index is 11.9. The van der Waals surface area contributed by atoms with Crippen molar-refractivity contribution >= 4 is 23.7 Å². The zero-order valence-electron chi connectivity index (χ0n) is 14.4. The van der Waals surface area contributed by atoms with E-state index in [1.54, 1.807) is 32.3 Å². The summed E-state index contributed by atoms with van der Waals surface area (Å²) >= 11 is 1.21. The highest BCUT2D eigenvalue weighted by Crippen LogP contribution is 2.13. The molecule has 2 rings (SSSR count). The van der Waals surface area contributed by atoms with Crippen LogP contribution in [0.4, 0.5) is 0 Å². The first-order chi connectivity index (χ1) is 11.8. The Labute approximate surface area is 149 Å². The van der Waals surface area contributed by atoms with E-state index >= 15 is 0 Å². The van der Waals surface area contributed by atoms with Crippen molar-refractivity contribution in [1.29, 1.82) is 5.26 Å². The number of rotatable bonds is 6. The molecule has 7 nitrogen and oxygen atoms in total. The first-order valence-electron chi connectivity index (χ1n) is 7.64. The minimum atomic E-state index is -0.983. The molecule has 0 aromatic carbocycles. The molecule has 0 bridgehead atoms. The minimum absolute atomic E-state index is 0.192. The molecule has 0 amide bonds. The molecule has 2 aromatic heterocycles. The maximum absolute atomic E-state index is 11.9. The molecule has 2 aromatic rings. The molecule has 0 spiro atoms. The second-order valence-corrected chi connectivity index (χ2v) is 6.93. The number of H-pyrrole nitrogens is 2. The monoisotopic (exact) mass is 359 g/mol. The second kappa shape index (κ2) is 7.51. The Hall–Kier alpha value is -2.63. The fraction of sp³-hybridized carbons (Fsp3) is 0.294. The van der Waals surface area contributed by atoms with E-state index in [2.05, 4.69) is 27.3 Å². The lowest BCUT2D eigenvalue weighted by molar-refractivity contribution is 0.0605. The average molecular weight is 359 g/mol. The molecule has 8 heteroatoms. The Kier molecular flexibility index (Phi) is 5.62. The molecule has 132 valence electrons. The summed E-state index contributed by atoms with van der Waals surface area (Å²) in [5.41, 5.74) is -0.0336. The van der Waals surface area contributed by atoms with Crippen LogP contribution < -0.4 is 21.0 Å². The van der Waals surface area contributed by atoms with Crippen molar-refractivity contribution in [3.63, 3.8) is 0 Å². The first kappa shape index (κ1) is 18.7. The highest BCUT2D eigenvalue weighted by molar-refractivity contribution is 7.97. The summed E-state index contributed by atoms with van der Waals surface area (Å²) in [6.07, 6.45) is 6.77. The van der Waals surface area contributed by atoms with E-state index < -0.39 is 5.60 Å². The van der Waals surface area contributed by atoms with Crippen LogP contribution >= 0.6 is 11.9 Å². The van der Waals surface area contributed by atoms with Crippen LogP contribution in [0, 0.1) is 11.3 Å². The molecular weight excluding hydrogens is 338 g/mol. The molecule has 2 heterocycles. The van der Waals surface area contributed by atoms with Gasteiger partial charge in [-0.25, -0.2) is 4.79 Å². The Bertz CT molecular complexity index is 982. The molecule has 0 aliphatic heterocycles. The van der Waals surface area contributed by atoms with Gasteiger partial charge in [0.25, 0.3) is 0 Å². The third kappa shape index (κ3) is 4.47. The van der Waals surface area contributed by atoms with Gasteiger partial charge in [-0.15, -0.1) is 0 Å². The molecule has 0 saturated carbocycles. The van der Waals surface area contributed by atoms with Crippen molar-refractivity contribution in [2.24, 2.45) is 0 Å². The van der Waals surface area contributed by atoms with Crippen LogP contribution in [0.5, 0.6) is 0 Å². The van der Waals surface area contributed by atoms with Gasteiger partial charge in [0.1, 0.15) is 11.1 Å². The van der Waals surface area contributed by atoms with E-state index in [0.29, 0.717) is 16.3 Å². The zero-order valence-corrected chi connectivity index (χ0v) is 15.2. The Balaban J connectivity index is 2.29. The lowest BCUT2D eigenvalue weighted by Gasteiger charge is -2.16. The third-order valence-corrected chi connectivity index (χ3v) is 4.14. The number of nitrogens with zero attached hydrogens (tertiary/aromatic N) is 2. The summed E-state index contributed by atoms with van der Waals surface area (Å²) in [5.74, 6) is 0. The Morgan fingerprint density at radius 1 is 1.60 bits per heavy atom. The quantitative estimate of drug-likeness (QED) is 0.563. The number of hydrogen-bond acceptors (Lipinski definition) is 5. The molecule has 0 fully saturated rings. The summed E-state index contributed by atoms with van der Waals surface area (Å²) in [7, 11) is 0. The van der Waals surface area contributed by atoms with E-state index in [-0.39, 0.29) is 12.2 Å². The van der Waals surface area contributed by atoms with Gasteiger partial charge in [-0.1, -0.05) is 12.7 Å². The number of aliphatic hydroxyl groups is 1. The number of imidazole rings is 1. The summed E-state index contributed by atoms with van der Waals surface area (Å²) in [4.78, 5) is 17.7. The molecule has 0 atom stereocenters. The maximum Gasteiger partial charge on any atom is 0.326 e. The Morgan fingerprint density at radius 3 is 2.88 bits per heavy atom. The molecule has 0 aliphatic rings. The predicted molar refractivity (Wildman–Crippen MR) is 98.8 cm³/mol. The van der Waals surface area contributed by atoms with Gasteiger partial charge < -0.3 is 14.8 Å². The van der Waals surface area contributed by atoms with Crippen LogP contribution in [0.3, 0.4) is 0 Å². The van der Waals surface area contributed by atoms with Crippen molar-refractivity contribution in [1.82, 2.24) is 19.3 Å². The van der Waals surface area contributed by atoms with Crippen LogP contribution in [-0.2, 0) is 6.54 Å². The number of aromatic amines is 2. The highest BCUT2D eigenvalue weighted by atomic mass is 32.2. The highest BCUT2D eigenvalue weighted by Gasteiger charge is 2.16. The van der Waals surface area contributed by atoms with Crippen molar-refractivity contribution < 1.29 is 5.11 Å². The third-order valence-electron chi connectivity index (χ3n) is 3.40. The summed E-state index contributed by atoms with van der Waals surface area (Å²) < 4.78 is 4.55. The second-order valence-electron chi connectivity index (χ2n) is 6.08. The summed E-state index contributed by atoms with van der Waals surface area (Å²) in [6.45, 7) is 9.12. The molecule has 0 unspecified atom stereocenters. The van der Waals surface area contributed by atoms with Gasteiger partial charge in [0.2, 0.25) is 0 Å². The fourth-order valence-electron chi connectivity index (χ4n) is 2.35. The first-order valence-corrected chi connectivity index (χ1v) is 8.46. The standard InChI is InChI=1S/C17H21N5O2S/c1-5-12-11(7-18)8-19-15(12)13(6-2)21-25-14-9-22(16(23)20-14)10-17(3,4)24/h5-6,8-9,19,21,24H,2,10H2,1,3-4H3,(H,20,23)/b12-5-,15-13-. The molecule has 0 aliphatic carbocycles. The molecule has 4 N–H and O–H groups in total. The van der Waals surface area contributed by atoms with Crippen molar-refractivity contribution in [3.05, 3.63) is 51.7 Å². The molecule has 0 radical (unpaired) electrons. The fourth-order valence-corrected chi connectivity index (χ4v) is 3.07. The molecular formula is C17H21N5O2S. The van der Waals surface area contributed by atoms with Crippen LogP contribution in [0.25, 0.3) is 11.8 Å². The lowest BCUT2D eigenvalue weighted by Crippen LogP contribution is -2.31. The van der Waals surface area contributed by atoms with Gasteiger partial charge in [-0.05, 0) is 26.8 Å².